The van der Waals surface area contributed by atoms with E-state index in [1.807, 2.05) is 0 Å². The second-order valence-corrected chi connectivity index (χ2v) is 4.83. The number of hydrogen-bond donors (Lipinski definition) is 2. The van der Waals surface area contributed by atoms with Crippen molar-refractivity contribution >= 4 is 22.9 Å². The number of aromatic nitrogens is 1. The van der Waals surface area contributed by atoms with E-state index >= 15 is 0 Å². The predicted octanol–water partition coefficient (Wildman–Crippen LogP) is 1.33. The maximum absolute atomic E-state index is 12.1. The maximum Gasteiger partial charge on any atom is 0.417 e. The molecule has 1 heterocycles. The molecule has 0 bridgehead atoms. The summed E-state index contributed by atoms with van der Waals surface area (Å²) in [5.41, 5.74) is 1.99. The largest absolute Gasteiger partial charge is 0.481 e. The molecule has 19 heavy (non-hydrogen) atoms. The first-order valence-corrected chi connectivity index (χ1v) is 5.88. The number of carboxylic acid groups (broad SMARTS) is 1. The molecule has 0 aliphatic heterocycles. The molecule has 0 amide bonds. The molecule has 2 unspecified atom stereocenters. The number of rotatable bonds is 3. The first-order valence-electron chi connectivity index (χ1n) is 5.88. The first-order chi connectivity index (χ1) is 8.97. The van der Waals surface area contributed by atoms with Crippen LogP contribution in [0.4, 0.5) is 0 Å². The van der Waals surface area contributed by atoms with Gasteiger partial charge in [0, 0.05) is 11.5 Å². The van der Waals surface area contributed by atoms with Crippen molar-refractivity contribution in [2.45, 2.75) is 13.3 Å². The van der Waals surface area contributed by atoms with Crippen LogP contribution in [0.15, 0.2) is 21.3 Å². The van der Waals surface area contributed by atoms with Crippen molar-refractivity contribution < 1.29 is 19.1 Å². The number of carbonyl (C=O) groups excluding carboxylic acids is 1. The van der Waals surface area contributed by atoms with Crippen molar-refractivity contribution in [3.05, 3.63) is 33.8 Å². The number of hydrogen-bond acceptors (Lipinski definition) is 4. The lowest BCUT2D eigenvalue weighted by molar-refractivity contribution is -0.138. The van der Waals surface area contributed by atoms with Gasteiger partial charge < -0.3 is 9.52 Å². The summed E-state index contributed by atoms with van der Waals surface area (Å²) in [5, 5.41) is 8.83. The van der Waals surface area contributed by atoms with E-state index < -0.39 is 23.6 Å². The molecule has 1 fully saturated rings. The van der Waals surface area contributed by atoms with E-state index in [1.165, 1.54) is 6.07 Å². The minimum absolute atomic E-state index is 0.207. The predicted molar refractivity (Wildman–Crippen MR) is 65.1 cm³/mol. The van der Waals surface area contributed by atoms with Gasteiger partial charge in [-0.2, -0.15) is 0 Å². The number of aliphatic carboxylic acids is 1. The fourth-order valence-electron chi connectivity index (χ4n) is 2.34. The Morgan fingerprint density at radius 1 is 1.37 bits per heavy atom. The van der Waals surface area contributed by atoms with E-state index in [9.17, 15) is 14.4 Å². The molecule has 1 saturated carbocycles. The summed E-state index contributed by atoms with van der Waals surface area (Å²) in [6.45, 7) is 1.76. The molecule has 3 rings (SSSR count). The Morgan fingerprint density at radius 2 is 2.11 bits per heavy atom. The first kappa shape index (κ1) is 11.7. The van der Waals surface area contributed by atoms with Crippen molar-refractivity contribution in [1.82, 2.24) is 4.98 Å². The van der Waals surface area contributed by atoms with E-state index in [1.54, 1.807) is 13.0 Å². The summed E-state index contributed by atoms with van der Waals surface area (Å²) < 4.78 is 4.93. The van der Waals surface area contributed by atoms with Crippen molar-refractivity contribution in [3.8, 4) is 0 Å². The number of Topliss-reactive ketones (excluding diaryl/α,β-unsaturated/α-hetero) is 1. The third-order valence-corrected chi connectivity index (χ3v) is 3.46. The number of fused-ring (bicyclic) bond motifs is 1. The lowest BCUT2D eigenvalue weighted by Crippen LogP contribution is -2.08. The van der Waals surface area contributed by atoms with E-state index in [4.69, 9.17) is 9.52 Å². The minimum atomic E-state index is -0.940. The van der Waals surface area contributed by atoms with Gasteiger partial charge >= 0.3 is 11.7 Å². The Hall–Kier alpha value is -2.37. The SMILES string of the molecule is Cc1cc(C(=O)C2CC2C(=O)O)cc2oc(=O)[nH]c12. The number of benzene rings is 1. The van der Waals surface area contributed by atoms with Crippen molar-refractivity contribution in [2.24, 2.45) is 11.8 Å². The fraction of sp³-hybridized carbons (Fsp3) is 0.308. The van der Waals surface area contributed by atoms with Gasteiger partial charge in [0.15, 0.2) is 11.4 Å². The van der Waals surface area contributed by atoms with Gasteiger partial charge in [0.25, 0.3) is 0 Å². The summed E-state index contributed by atoms with van der Waals surface area (Å²) in [4.78, 5) is 36.6. The third kappa shape index (κ3) is 1.85. The van der Waals surface area contributed by atoms with Crippen LogP contribution < -0.4 is 5.76 Å². The zero-order valence-electron chi connectivity index (χ0n) is 10.1. The van der Waals surface area contributed by atoms with Crippen LogP contribution in [-0.4, -0.2) is 21.8 Å². The smallest absolute Gasteiger partial charge is 0.417 e. The highest BCUT2D eigenvalue weighted by atomic mass is 16.4. The Kier molecular flexibility index (Phi) is 2.35. The molecule has 2 aromatic rings. The van der Waals surface area contributed by atoms with Crippen LogP contribution in [0.2, 0.25) is 0 Å². The quantitative estimate of drug-likeness (QED) is 0.812. The Morgan fingerprint density at radius 3 is 2.74 bits per heavy atom. The fourth-order valence-corrected chi connectivity index (χ4v) is 2.34. The van der Waals surface area contributed by atoms with Gasteiger partial charge in [-0.25, -0.2) is 4.79 Å². The van der Waals surface area contributed by atoms with Gasteiger partial charge in [0.05, 0.1) is 11.4 Å². The molecule has 1 aliphatic carbocycles. The van der Waals surface area contributed by atoms with Crippen LogP contribution in [0.5, 0.6) is 0 Å². The zero-order valence-corrected chi connectivity index (χ0v) is 10.1. The van der Waals surface area contributed by atoms with Crippen molar-refractivity contribution in [3.63, 3.8) is 0 Å². The maximum atomic E-state index is 12.1. The number of ketones is 1. The summed E-state index contributed by atoms with van der Waals surface area (Å²) in [6.07, 6.45) is 0.377. The Balaban J connectivity index is 2.00. The van der Waals surface area contributed by atoms with Gasteiger partial charge in [-0.3, -0.25) is 14.6 Å². The molecule has 0 spiro atoms. The highest BCUT2D eigenvalue weighted by Gasteiger charge is 2.48. The van der Waals surface area contributed by atoms with Crippen LogP contribution in [0.1, 0.15) is 22.3 Å². The molecule has 1 aliphatic rings. The Labute approximate surface area is 107 Å². The highest BCUT2D eigenvalue weighted by Crippen LogP contribution is 2.41. The lowest BCUT2D eigenvalue weighted by atomic mass is 10.0. The minimum Gasteiger partial charge on any atom is -0.481 e. The molecule has 6 heteroatoms. The second kappa shape index (κ2) is 3.81. The van der Waals surface area contributed by atoms with Gasteiger partial charge in [-0.15, -0.1) is 0 Å². The van der Waals surface area contributed by atoms with Gasteiger partial charge in [-0.05, 0) is 31.0 Å². The Bertz CT molecular complexity index is 754. The molecule has 0 radical (unpaired) electrons. The summed E-state index contributed by atoms with van der Waals surface area (Å²) >= 11 is 0. The van der Waals surface area contributed by atoms with E-state index in [-0.39, 0.29) is 5.78 Å². The number of nitrogens with one attached hydrogen (secondary N) is 1. The van der Waals surface area contributed by atoms with Crippen molar-refractivity contribution in [2.75, 3.05) is 0 Å². The monoisotopic (exact) mass is 261 g/mol. The van der Waals surface area contributed by atoms with Gasteiger partial charge in [0.1, 0.15) is 0 Å². The topological polar surface area (TPSA) is 100 Å². The molecule has 6 nitrogen and oxygen atoms in total. The van der Waals surface area contributed by atoms with Crippen LogP contribution in [0.25, 0.3) is 11.1 Å². The number of carbonyl (C=O) groups is 2. The molecule has 2 N–H and O–H groups in total. The van der Waals surface area contributed by atoms with Gasteiger partial charge in [0.2, 0.25) is 0 Å². The van der Waals surface area contributed by atoms with E-state index in [0.29, 0.717) is 23.1 Å². The van der Waals surface area contributed by atoms with Crippen LogP contribution in [0, 0.1) is 18.8 Å². The second-order valence-electron chi connectivity index (χ2n) is 4.83. The number of carboxylic acids is 1. The number of oxazole rings is 1. The third-order valence-electron chi connectivity index (χ3n) is 3.46. The van der Waals surface area contributed by atoms with E-state index in [2.05, 4.69) is 4.98 Å². The average Bonchev–Trinajstić information content (AvgIpc) is 3.05. The average molecular weight is 261 g/mol. The standard InChI is InChI=1S/C13H11NO5/c1-5-2-6(3-9-10(5)14-13(18)19-9)11(15)7-4-8(7)12(16)17/h2-3,7-8H,4H2,1H3,(H,14,18)(H,16,17). The van der Waals surface area contributed by atoms with E-state index in [0.717, 1.165) is 5.56 Å². The number of H-pyrrole nitrogens is 1. The molecule has 1 aromatic carbocycles. The number of aryl methyl sites for hydroxylation is 1. The van der Waals surface area contributed by atoms with Crippen LogP contribution >= 0.6 is 0 Å². The zero-order chi connectivity index (χ0) is 13.7. The van der Waals surface area contributed by atoms with Gasteiger partial charge in [-0.1, -0.05) is 0 Å². The lowest BCUT2D eigenvalue weighted by Gasteiger charge is -2.01. The molecular weight excluding hydrogens is 250 g/mol. The van der Waals surface area contributed by atoms with Crippen LogP contribution in [0.3, 0.4) is 0 Å². The molecule has 2 atom stereocenters. The normalized spacial score (nSPS) is 21.5. The summed E-state index contributed by atoms with van der Waals surface area (Å²) in [7, 11) is 0. The molecular formula is C13H11NO5. The molecule has 0 saturated heterocycles. The summed E-state index contributed by atoms with van der Waals surface area (Å²) in [5.74, 6) is -2.76. The summed E-state index contributed by atoms with van der Waals surface area (Å²) in [6, 6.07) is 3.13. The molecule has 1 aromatic heterocycles. The highest BCUT2D eigenvalue weighted by molar-refractivity contribution is 6.04. The molecule has 98 valence electrons. The number of aromatic amines is 1. The van der Waals surface area contributed by atoms with Crippen LogP contribution in [-0.2, 0) is 4.79 Å². The van der Waals surface area contributed by atoms with Crippen molar-refractivity contribution in [1.29, 1.82) is 0 Å².